The maximum Gasteiger partial charge on any atom is 0.255 e. The Morgan fingerprint density at radius 2 is 2.04 bits per heavy atom. The Labute approximate surface area is 141 Å². The molecule has 0 aromatic carbocycles. The minimum atomic E-state index is -0.235. The van der Waals surface area contributed by atoms with Crippen LogP contribution in [0, 0.1) is 13.8 Å². The fourth-order valence-electron chi connectivity index (χ4n) is 3.31. The molecule has 132 valence electrons. The first-order valence-electron chi connectivity index (χ1n) is 8.52. The Kier molecular flexibility index (Phi) is 5.20. The van der Waals surface area contributed by atoms with Gasteiger partial charge in [0.1, 0.15) is 17.6 Å². The van der Waals surface area contributed by atoms with E-state index in [1.165, 1.54) is 0 Å². The van der Waals surface area contributed by atoms with Crippen LogP contribution in [0.5, 0.6) is 0 Å². The van der Waals surface area contributed by atoms with Crippen LogP contribution in [0.15, 0.2) is 10.5 Å². The molecule has 1 aromatic heterocycles. The highest BCUT2D eigenvalue weighted by Gasteiger charge is 2.30. The third-order valence-corrected chi connectivity index (χ3v) is 4.65. The second-order valence-corrected chi connectivity index (χ2v) is 6.48. The molecule has 3 rings (SSSR count). The fourth-order valence-corrected chi connectivity index (χ4v) is 3.31. The van der Waals surface area contributed by atoms with Gasteiger partial charge in [-0.1, -0.05) is 0 Å². The average molecular weight is 335 g/mol. The maximum absolute atomic E-state index is 12.4. The van der Waals surface area contributed by atoms with Crippen molar-refractivity contribution in [2.24, 2.45) is 0 Å². The number of morpholine rings is 1. The van der Waals surface area contributed by atoms with E-state index in [4.69, 9.17) is 9.15 Å². The first-order valence-corrected chi connectivity index (χ1v) is 8.52. The molecule has 7 nitrogen and oxygen atoms in total. The third kappa shape index (κ3) is 3.79. The first-order chi connectivity index (χ1) is 11.5. The molecule has 2 amide bonds. The Hall–Kier alpha value is -1.86. The molecule has 3 heterocycles. The zero-order valence-electron chi connectivity index (χ0n) is 14.3. The van der Waals surface area contributed by atoms with Crippen molar-refractivity contribution in [3.05, 3.63) is 23.2 Å². The van der Waals surface area contributed by atoms with E-state index in [2.05, 4.69) is 10.6 Å². The summed E-state index contributed by atoms with van der Waals surface area (Å²) in [5.74, 6) is 1.37. The highest BCUT2D eigenvalue weighted by atomic mass is 16.5. The van der Waals surface area contributed by atoms with Crippen LogP contribution in [0.1, 0.15) is 34.7 Å². The van der Waals surface area contributed by atoms with E-state index in [-0.39, 0.29) is 23.9 Å². The van der Waals surface area contributed by atoms with E-state index < -0.39 is 0 Å². The van der Waals surface area contributed by atoms with Crippen molar-refractivity contribution in [2.75, 3.05) is 32.8 Å². The summed E-state index contributed by atoms with van der Waals surface area (Å²) in [6.07, 6.45) is 1.53. The van der Waals surface area contributed by atoms with Crippen molar-refractivity contribution >= 4 is 11.8 Å². The van der Waals surface area contributed by atoms with Crippen molar-refractivity contribution in [1.29, 1.82) is 0 Å². The highest BCUT2D eigenvalue weighted by molar-refractivity contribution is 5.95. The van der Waals surface area contributed by atoms with E-state index in [1.54, 1.807) is 13.0 Å². The number of amides is 2. The minimum Gasteiger partial charge on any atom is -0.466 e. The zero-order valence-corrected chi connectivity index (χ0v) is 14.3. The van der Waals surface area contributed by atoms with Gasteiger partial charge in [0.05, 0.1) is 18.8 Å². The number of carbonyl (C=O) groups is 2. The standard InChI is InChI=1S/C17H25N3O4/c1-11-9-14(12(2)24-11)16(21)19-13-3-6-20(7-4-13)17(22)15-10-23-8-5-18-15/h9,13,15,18H,3-8,10H2,1-2H3,(H,19,21). The molecule has 7 heteroatoms. The predicted octanol–water partition coefficient (Wildman–Crippen LogP) is 0.606. The number of nitrogens with zero attached hydrogens (tertiary/aromatic N) is 1. The van der Waals surface area contributed by atoms with Gasteiger partial charge in [-0.25, -0.2) is 0 Å². The topological polar surface area (TPSA) is 83.8 Å². The van der Waals surface area contributed by atoms with E-state index in [0.717, 1.165) is 18.6 Å². The lowest BCUT2D eigenvalue weighted by atomic mass is 10.0. The molecule has 0 bridgehead atoms. The van der Waals surface area contributed by atoms with E-state index in [9.17, 15) is 9.59 Å². The second kappa shape index (κ2) is 7.36. The molecule has 2 aliphatic rings. The van der Waals surface area contributed by atoms with Crippen LogP contribution in [-0.2, 0) is 9.53 Å². The number of hydrogen-bond acceptors (Lipinski definition) is 5. The molecule has 2 fully saturated rings. The van der Waals surface area contributed by atoms with Gasteiger partial charge in [0.2, 0.25) is 5.91 Å². The number of piperidine rings is 1. The second-order valence-electron chi connectivity index (χ2n) is 6.48. The van der Waals surface area contributed by atoms with Gasteiger partial charge >= 0.3 is 0 Å². The molecule has 24 heavy (non-hydrogen) atoms. The van der Waals surface area contributed by atoms with Gasteiger partial charge in [-0.2, -0.15) is 0 Å². The summed E-state index contributed by atoms with van der Waals surface area (Å²) < 4.78 is 10.8. The van der Waals surface area contributed by atoms with Crippen LogP contribution in [0.25, 0.3) is 0 Å². The molecular formula is C17H25N3O4. The minimum absolute atomic E-state index is 0.0896. The lowest BCUT2D eigenvalue weighted by Gasteiger charge is -2.35. The Balaban J connectivity index is 1.49. The summed E-state index contributed by atoms with van der Waals surface area (Å²) in [7, 11) is 0. The number of nitrogens with one attached hydrogen (secondary N) is 2. The summed E-state index contributed by atoms with van der Waals surface area (Å²) in [5.41, 5.74) is 0.592. The zero-order chi connectivity index (χ0) is 17.1. The van der Waals surface area contributed by atoms with Crippen molar-refractivity contribution in [3.63, 3.8) is 0 Å². The number of ether oxygens (including phenoxy) is 1. The van der Waals surface area contributed by atoms with Gasteiger partial charge in [0.25, 0.3) is 5.91 Å². The Bertz CT molecular complexity index is 599. The van der Waals surface area contributed by atoms with Crippen molar-refractivity contribution in [2.45, 2.75) is 38.8 Å². The molecular weight excluding hydrogens is 310 g/mol. The van der Waals surface area contributed by atoms with Crippen molar-refractivity contribution in [1.82, 2.24) is 15.5 Å². The SMILES string of the molecule is Cc1cc(C(=O)NC2CCN(C(=O)C3COCCN3)CC2)c(C)o1. The lowest BCUT2D eigenvalue weighted by Crippen LogP contribution is -2.55. The molecule has 2 aliphatic heterocycles. The number of carbonyl (C=O) groups excluding carboxylic acids is 2. The number of furan rings is 1. The number of likely N-dealkylation sites (tertiary alicyclic amines) is 1. The van der Waals surface area contributed by atoms with Gasteiger partial charge in [-0.15, -0.1) is 0 Å². The number of aryl methyl sites for hydroxylation is 2. The Morgan fingerprint density at radius 1 is 1.29 bits per heavy atom. The summed E-state index contributed by atoms with van der Waals surface area (Å²) >= 11 is 0. The fraction of sp³-hybridized carbons (Fsp3) is 0.647. The molecule has 2 N–H and O–H groups in total. The van der Waals surface area contributed by atoms with Gasteiger partial charge in [-0.05, 0) is 32.8 Å². The summed E-state index contributed by atoms with van der Waals surface area (Å²) in [6, 6.07) is 1.62. The molecule has 1 aromatic rings. The predicted molar refractivity (Wildman–Crippen MR) is 87.9 cm³/mol. The number of rotatable bonds is 3. The van der Waals surface area contributed by atoms with Crippen LogP contribution >= 0.6 is 0 Å². The molecule has 1 unspecified atom stereocenters. The lowest BCUT2D eigenvalue weighted by molar-refractivity contribution is -0.137. The maximum atomic E-state index is 12.4. The van der Waals surface area contributed by atoms with Crippen LogP contribution in [0.4, 0.5) is 0 Å². The van der Waals surface area contributed by atoms with Gasteiger partial charge in [0, 0.05) is 25.7 Å². The van der Waals surface area contributed by atoms with Crippen LogP contribution in [0.3, 0.4) is 0 Å². The molecule has 0 radical (unpaired) electrons. The molecule has 2 saturated heterocycles. The van der Waals surface area contributed by atoms with Crippen LogP contribution in [-0.4, -0.2) is 61.6 Å². The van der Waals surface area contributed by atoms with Gasteiger partial charge in [0.15, 0.2) is 0 Å². The summed E-state index contributed by atoms with van der Waals surface area (Å²) in [4.78, 5) is 26.6. The smallest absolute Gasteiger partial charge is 0.255 e. The molecule has 0 saturated carbocycles. The van der Waals surface area contributed by atoms with Crippen LogP contribution in [0.2, 0.25) is 0 Å². The van der Waals surface area contributed by atoms with Gasteiger partial charge in [-0.3, -0.25) is 9.59 Å². The highest BCUT2D eigenvalue weighted by Crippen LogP contribution is 2.16. The van der Waals surface area contributed by atoms with Crippen LogP contribution < -0.4 is 10.6 Å². The van der Waals surface area contributed by atoms with Gasteiger partial charge < -0.3 is 24.7 Å². The quantitative estimate of drug-likeness (QED) is 0.845. The third-order valence-electron chi connectivity index (χ3n) is 4.65. The first kappa shape index (κ1) is 17.0. The largest absolute Gasteiger partial charge is 0.466 e. The number of hydrogen-bond donors (Lipinski definition) is 2. The average Bonchev–Trinajstić information content (AvgIpc) is 2.94. The molecule has 1 atom stereocenters. The monoisotopic (exact) mass is 335 g/mol. The summed E-state index contributed by atoms with van der Waals surface area (Å²) in [5, 5.41) is 6.24. The van der Waals surface area contributed by atoms with Crippen molar-refractivity contribution in [3.8, 4) is 0 Å². The normalized spacial score (nSPS) is 22.4. The Morgan fingerprint density at radius 3 is 2.62 bits per heavy atom. The van der Waals surface area contributed by atoms with E-state index in [0.29, 0.717) is 44.2 Å². The molecule has 0 spiro atoms. The van der Waals surface area contributed by atoms with E-state index >= 15 is 0 Å². The van der Waals surface area contributed by atoms with Crippen molar-refractivity contribution < 1.29 is 18.7 Å². The van der Waals surface area contributed by atoms with E-state index in [1.807, 2.05) is 11.8 Å². The summed E-state index contributed by atoms with van der Waals surface area (Å²) in [6.45, 7) is 6.75. The molecule has 0 aliphatic carbocycles.